The quantitative estimate of drug-likeness (QED) is 0.834. The Balaban J connectivity index is 0.00000180. The maximum Gasteiger partial charge on any atom is 0.291 e. The fraction of sp³-hybridized carbons (Fsp3) is 0.625. The molecule has 1 aromatic heterocycles. The first-order valence-corrected chi connectivity index (χ1v) is 5.73. The number of nitrogens with one attached hydrogen (secondary N) is 2. The largest absolute Gasteiger partial charge is 0.300 e. The molecule has 108 valence electrons. The van der Waals surface area contributed by atoms with Crippen molar-refractivity contribution in [2.45, 2.75) is 24.8 Å². The summed E-state index contributed by atoms with van der Waals surface area (Å²) in [6, 6.07) is -1.06. The minimum atomic E-state index is -2.93. The molecule has 0 spiro atoms. The Hall–Kier alpha value is -1.00. The third-order valence-corrected chi connectivity index (χ3v) is 3.13. The highest BCUT2D eigenvalue weighted by atomic mass is 35.5. The van der Waals surface area contributed by atoms with Crippen LogP contribution in [-0.2, 0) is 4.79 Å². The second-order valence-electron chi connectivity index (χ2n) is 3.73. The first kappa shape index (κ1) is 16.1. The van der Waals surface area contributed by atoms with Crippen LogP contribution in [0.3, 0.4) is 0 Å². The summed E-state index contributed by atoms with van der Waals surface area (Å²) in [6.07, 6.45) is -3.40. The van der Waals surface area contributed by atoms with Gasteiger partial charge < -0.3 is 0 Å². The van der Waals surface area contributed by atoms with E-state index in [0.29, 0.717) is 11.3 Å². The molecule has 1 aliphatic rings. The SMILES string of the molecule is Cl.O=C(Nc1nnc(C(F)F)s1)C1CC(F)(F)CN1. The summed E-state index contributed by atoms with van der Waals surface area (Å²) in [5, 5.41) is 10.3. The van der Waals surface area contributed by atoms with E-state index in [1.54, 1.807) is 0 Å². The van der Waals surface area contributed by atoms with E-state index >= 15 is 0 Å². The number of rotatable bonds is 3. The molecule has 11 heteroatoms. The number of aromatic nitrogens is 2. The Morgan fingerprint density at radius 1 is 1.47 bits per heavy atom. The van der Waals surface area contributed by atoms with Crippen molar-refractivity contribution in [1.29, 1.82) is 0 Å². The Morgan fingerprint density at radius 3 is 2.63 bits per heavy atom. The maximum absolute atomic E-state index is 12.8. The molecule has 1 aromatic rings. The van der Waals surface area contributed by atoms with Gasteiger partial charge in [0.1, 0.15) is 0 Å². The van der Waals surface area contributed by atoms with Gasteiger partial charge in [0.2, 0.25) is 11.0 Å². The fourth-order valence-corrected chi connectivity index (χ4v) is 2.07. The van der Waals surface area contributed by atoms with Crippen LogP contribution >= 0.6 is 23.7 Å². The van der Waals surface area contributed by atoms with Gasteiger partial charge in [0.25, 0.3) is 12.3 Å². The number of anilines is 1. The average molecular weight is 321 g/mol. The van der Waals surface area contributed by atoms with Crippen LogP contribution in [0.15, 0.2) is 0 Å². The molecule has 1 saturated heterocycles. The van der Waals surface area contributed by atoms with Gasteiger partial charge in [0.05, 0.1) is 12.6 Å². The number of hydrogen-bond acceptors (Lipinski definition) is 5. The second kappa shape index (κ2) is 5.97. The second-order valence-corrected chi connectivity index (χ2v) is 4.74. The number of carbonyl (C=O) groups excluding carboxylic acids is 1. The molecular formula is C8H9ClF4N4OS. The summed E-state index contributed by atoms with van der Waals surface area (Å²) in [5.41, 5.74) is 0. The summed E-state index contributed by atoms with van der Waals surface area (Å²) < 4.78 is 50.1. The zero-order valence-electron chi connectivity index (χ0n) is 9.20. The molecule has 1 unspecified atom stereocenters. The summed E-state index contributed by atoms with van der Waals surface area (Å²) in [4.78, 5) is 11.5. The van der Waals surface area contributed by atoms with Gasteiger partial charge in [-0.05, 0) is 0 Å². The standard InChI is InChI=1S/C8H8F4N4OS.ClH/c9-4(10)6-15-16-7(18-6)14-5(17)3-1-8(11,12)2-13-3;/h3-4,13H,1-2H2,(H,14,16,17);1H. The summed E-state index contributed by atoms with van der Waals surface area (Å²) in [7, 11) is 0. The fourth-order valence-electron chi connectivity index (χ4n) is 1.47. The lowest BCUT2D eigenvalue weighted by Crippen LogP contribution is -2.35. The van der Waals surface area contributed by atoms with Gasteiger partial charge >= 0.3 is 0 Å². The van der Waals surface area contributed by atoms with E-state index in [0.717, 1.165) is 0 Å². The van der Waals surface area contributed by atoms with Gasteiger partial charge in [-0.25, -0.2) is 17.6 Å². The highest BCUT2D eigenvalue weighted by molar-refractivity contribution is 7.15. The molecule has 2 rings (SSSR count). The van der Waals surface area contributed by atoms with Crippen LogP contribution in [0.5, 0.6) is 0 Å². The average Bonchev–Trinajstić information content (AvgIpc) is 2.84. The normalized spacial score (nSPS) is 21.2. The summed E-state index contributed by atoms with van der Waals surface area (Å²) >= 11 is 0.509. The number of amides is 1. The molecular weight excluding hydrogens is 312 g/mol. The van der Waals surface area contributed by atoms with Crippen LogP contribution in [0.4, 0.5) is 22.7 Å². The van der Waals surface area contributed by atoms with E-state index in [1.165, 1.54) is 0 Å². The number of alkyl halides is 4. The van der Waals surface area contributed by atoms with Crippen LogP contribution in [0.1, 0.15) is 17.9 Å². The molecule has 0 aromatic carbocycles. The van der Waals surface area contributed by atoms with Gasteiger partial charge in [0, 0.05) is 6.42 Å². The van der Waals surface area contributed by atoms with Crippen molar-refractivity contribution in [3.8, 4) is 0 Å². The van der Waals surface area contributed by atoms with Crippen molar-refractivity contribution in [3.05, 3.63) is 5.01 Å². The first-order valence-electron chi connectivity index (χ1n) is 4.91. The summed E-state index contributed by atoms with van der Waals surface area (Å²) in [5.74, 6) is -3.67. The summed E-state index contributed by atoms with van der Waals surface area (Å²) in [6.45, 7) is -0.580. The van der Waals surface area contributed by atoms with E-state index in [9.17, 15) is 22.4 Å². The van der Waals surface area contributed by atoms with E-state index in [1.807, 2.05) is 0 Å². The minimum Gasteiger partial charge on any atom is -0.300 e. The van der Waals surface area contributed by atoms with Gasteiger partial charge in [-0.3, -0.25) is 15.4 Å². The first-order chi connectivity index (χ1) is 8.37. The van der Waals surface area contributed by atoms with E-state index in [-0.39, 0.29) is 17.5 Å². The predicted octanol–water partition coefficient (Wildman–Crippen LogP) is 1.83. The van der Waals surface area contributed by atoms with Gasteiger partial charge in [-0.1, -0.05) is 11.3 Å². The van der Waals surface area contributed by atoms with Crippen LogP contribution in [0, 0.1) is 0 Å². The number of carbonyl (C=O) groups is 1. The van der Waals surface area contributed by atoms with Gasteiger partial charge in [-0.2, -0.15) is 0 Å². The van der Waals surface area contributed by atoms with E-state index < -0.39 is 42.3 Å². The Kier molecular flexibility index (Phi) is 5.04. The van der Waals surface area contributed by atoms with Gasteiger partial charge in [-0.15, -0.1) is 22.6 Å². The molecule has 5 nitrogen and oxygen atoms in total. The van der Waals surface area contributed by atoms with Crippen molar-refractivity contribution in [2.75, 3.05) is 11.9 Å². The van der Waals surface area contributed by atoms with E-state index in [2.05, 4.69) is 20.8 Å². The molecule has 1 atom stereocenters. The molecule has 2 heterocycles. The van der Waals surface area contributed by atoms with Crippen LogP contribution < -0.4 is 10.6 Å². The van der Waals surface area contributed by atoms with Crippen molar-refractivity contribution in [2.24, 2.45) is 0 Å². The zero-order chi connectivity index (χ0) is 13.3. The number of nitrogens with zero attached hydrogens (tertiary/aromatic N) is 2. The minimum absolute atomic E-state index is 0. The lowest BCUT2D eigenvalue weighted by Gasteiger charge is -2.08. The van der Waals surface area contributed by atoms with Crippen molar-refractivity contribution >= 4 is 34.8 Å². The van der Waals surface area contributed by atoms with Crippen molar-refractivity contribution < 1.29 is 22.4 Å². The Morgan fingerprint density at radius 2 is 2.16 bits per heavy atom. The molecule has 19 heavy (non-hydrogen) atoms. The Bertz CT molecular complexity index is 458. The third-order valence-electron chi connectivity index (χ3n) is 2.28. The Labute approximate surface area is 115 Å². The molecule has 1 aliphatic heterocycles. The topological polar surface area (TPSA) is 66.9 Å². The maximum atomic E-state index is 12.8. The molecule has 1 amide bonds. The number of hydrogen-bond donors (Lipinski definition) is 2. The highest BCUT2D eigenvalue weighted by Crippen LogP contribution is 2.27. The van der Waals surface area contributed by atoms with Crippen LogP contribution in [-0.4, -0.2) is 34.6 Å². The lowest BCUT2D eigenvalue weighted by atomic mass is 10.2. The highest BCUT2D eigenvalue weighted by Gasteiger charge is 2.42. The molecule has 0 radical (unpaired) electrons. The van der Waals surface area contributed by atoms with Crippen LogP contribution in [0.2, 0.25) is 0 Å². The molecule has 0 saturated carbocycles. The van der Waals surface area contributed by atoms with Crippen molar-refractivity contribution in [3.63, 3.8) is 0 Å². The van der Waals surface area contributed by atoms with Gasteiger partial charge in [0.15, 0.2) is 5.01 Å². The predicted molar refractivity (Wildman–Crippen MR) is 62.1 cm³/mol. The molecule has 2 N–H and O–H groups in total. The van der Waals surface area contributed by atoms with Crippen LogP contribution in [0.25, 0.3) is 0 Å². The monoisotopic (exact) mass is 320 g/mol. The zero-order valence-corrected chi connectivity index (χ0v) is 10.8. The third kappa shape index (κ3) is 3.98. The molecule has 1 fully saturated rings. The molecule has 0 aliphatic carbocycles. The van der Waals surface area contributed by atoms with E-state index in [4.69, 9.17) is 0 Å². The molecule has 0 bridgehead atoms. The lowest BCUT2D eigenvalue weighted by molar-refractivity contribution is -0.118. The number of halogens is 5. The smallest absolute Gasteiger partial charge is 0.291 e. The van der Waals surface area contributed by atoms with Crippen molar-refractivity contribution in [1.82, 2.24) is 15.5 Å².